The second-order valence-electron chi connectivity index (χ2n) is 6.37. The Morgan fingerprint density at radius 1 is 1.38 bits per heavy atom. The van der Waals surface area contributed by atoms with Gasteiger partial charge in [0.05, 0.1) is 12.7 Å². The number of nitrogens with zero attached hydrogens (tertiary/aromatic N) is 1. The molecule has 1 saturated carbocycles. The first-order valence-corrected chi connectivity index (χ1v) is 6.60. The fourth-order valence-corrected chi connectivity index (χ4v) is 2.76. The molecule has 3 unspecified atom stereocenters. The highest BCUT2D eigenvalue weighted by atomic mass is 16.5. The molecule has 0 aromatic heterocycles. The molecule has 2 rings (SSSR count). The summed E-state index contributed by atoms with van der Waals surface area (Å²) in [5.41, 5.74) is 6.48. The van der Waals surface area contributed by atoms with Crippen molar-refractivity contribution in [2.75, 3.05) is 19.7 Å². The Balaban J connectivity index is 1.93. The molecule has 0 amide bonds. The molecule has 1 aliphatic heterocycles. The molecule has 3 nitrogen and oxygen atoms in total. The second kappa shape index (κ2) is 4.63. The van der Waals surface area contributed by atoms with Crippen LogP contribution in [0.4, 0.5) is 0 Å². The van der Waals surface area contributed by atoms with Gasteiger partial charge in [-0.2, -0.15) is 0 Å². The van der Waals surface area contributed by atoms with Gasteiger partial charge in [-0.1, -0.05) is 20.8 Å². The van der Waals surface area contributed by atoms with Gasteiger partial charge in [-0.3, -0.25) is 4.90 Å². The zero-order valence-corrected chi connectivity index (χ0v) is 10.9. The van der Waals surface area contributed by atoms with Crippen LogP contribution in [-0.4, -0.2) is 42.8 Å². The first-order chi connectivity index (χ1) is 7.48. The molecule has 2 aliphatic rings. The van der Waals surface area contributed by atoms with Crippen LogP contribution in [0.15, 0.2) is 0 Å². The van der Waals surface area contributed by atoms with E-state index in [1.165, 1.54) is 19.3 Å². The maximum Gasteiger partial charge on any atom is 0.0730 e. The Kier molecular flexibility index (Phi) is 3.57. The van der Waals surface area contributed by atoms with Gasteiger partial charge >= 0.3 is 0 Å². The van der Waals surface area contributed by atoms with Gasteiger partial charge in [0.2, 0.25) is 0 Å². The second-order valence-corrected chi connectivity index (χ2v) is 6.37. The van der Waals surface area contributed by atoms with Crippen LogP contribution in [0.1, 0.15) is 40.0 Å². The van der Waals surface area contributed by atoms with Gasteiger partial charge in [-0.15, -0.1) is 0 Å². The van der Waals surface area contributed by atoms with Crippen molar-refractivity contribution in [3.63, 3.8) is 0 Å². The predicted molar refractivity (Wildman–Crippen MR) is 66.4 cm³/mol. The fourth-order valence-electron chi connectivity index (χ4n) is 2.76. The maximum atomic E-state index is 6.28. The van der Waals surface area contributed by atoms with Gasteiger partial charge in [0.15, 0.2) is 0 Å². The van der Waals surface area contributed by atoms with E-state index in [0.717, 1.165) is 19.7 Å². The first-order valence-electron chi connectivity index (χ1n) is 6.60. The summed E-state index contributed by atoms with van der Waals surface area (Å²) in [4.78, 5) is 2.57. The lowest BCUT2D eigenvalue weighted by Gasteiger charge is -2.41. The summed E-state index contributed by atoms with van der Waals surface area (Å²) in [6, 6.07) is 0.897. The third kappa shape index (κ3) is 2.58. The maximum absolute atomic E-state index is 6.28. The molecule has 3 atom stereocenters. The summed E-state index contributed by atoms with van der Waals surface area (Å²) in [5, 5.41) is 0. The van der Waals surface area contributed by atoms with Crippen molar-refractivity contribution < 1.29 is 4.74 Å². The molecule has 3 heteroatoms. The highest BCUT2D eigenvalue weighted by molar-refractivity contribution is 4.92. The molecule has 1 heterocycles. The van der Waals surface area contributed by atoms with Crippen molar-refractivity contribution in [2.24, 2.45) is 11.1 Å². The molecule has 94 valence electrons. The molecule has 1 aliphatic carbocycles. The van der Waals surface area contributed by atoms with Gasteiger partial charge in [0.1, 0.15) is 0 Å². The highest BCUT2D eigenvalue weighted by Crippen LogP contribution is 2.30. The lowest BCUT2D eigenvalue weighted by atomic mass is 9.86. The summed E-state index contributed by atoms with van der Waals surface area (Å²) in [5.74, 6) is 0. The zero-order valence-electron chi connectivity index (χ0n) is 10.9. The van der Waals surface area contributed by atoms with Crippen molar-refractivity contribution in [2.45, 2.75) is 58.2 Å². The number of rotatable bonds is 2. The Bertz CT molecular complexity index is 237. The average Bonchev–Trinajstić information content (AvgIpc) is 2.65. The van der Waals surface area contributed by atoms with Crippen molar-refractivity contribution in [1.29, 1.82) is 0 Å². The van der Waals surface area contributed by atoms with E-state index < -0.39 is 0 Å². The smallest absolute Gasteiger partial charge is 0.0730 e. The molecule has 16 heavy (non-hydrogen) atoms. The Morgan fingerprint density at radius 3 is 2.81 bits per heavy atom. The van der Waals surface area contributed by atoms with Crippen molar-refractivity contribution >= 4 is 0 Å². The fraction of sp³-hybridized carbons (Fsp3) is 1.00. The van der Waals surface area contributed by atoms with Crippen molar-refractivity contribution in [3.05, 3.63) is 0 Å². The number of hydrogen-bond donors (Lipinski definition) is 1. The Hall–Kier alpha value is -0.120. The van der Waals surface area contributed by atoms with Gasteiger partial charge in [-0.05, 0) is 24.7 Å². The van der Waals surface area contributed by atoms with Crippen LogP contribution in [0.2, 0.25) is 0 Å². The van der Waals surface area contributed by atoms with Gasteiger partial charge in [0, 0.05) is 25.2 Å². The van der Waals surface area contributed by atoms with Crippen LogP contribution in [-0.2, 0) is 4.74 Å². The first kappa shape index (κ1) is 12.3. The molecule has 0 spiro atoms. The minimum atomic E-state index is 0.201. The summed E-state index contributed by atoms with van der Waals surface area (Å²) >= 11 is 0. The van der Waals surface area contributed by atoms with E-state index in [1.807, 2.05) is 0 Å². The quantitative estimate of drug-likeness (QED) is 0.777. The SMILES string of the molecule is CC(C)(C)C(N)CN1CCOC2CCCC21. The van der Waals surface area contributed by atoms with Crippen LogP contribution < -0.4 is 5.73 Å². The zero-order chi connectivity index (χ0) is 11.8. The van der Waals surface area contributed by atoms with Crippen LogP contribution in [0, 0.1) is 5.41 Å². The average molecular weight is 226 g/mol. The molecule has 0 radical (unpaired) electrons. The van der Waals surface area contributed by atoms with E-state index in [1.54, 1.807) is 0 Å². The van der Waals surface area contributed by atoms with E-state index in [9.17, 15) is 0 Å². The molecule has 2 fully saturated rings. The van der Waals surface area contributed by atoms with Crippen LogP contribution in [0.3, 0.4) is 0 Å². The standard InChI is InChI=1S/C13H26N2O/c1-13(2,3)12(14)9-15-7-8-16-11-6-4-5-10(11)15/h10-12H,4-9,14H2,1-3H3. The van der Waals surface area contributed by atoms with E-state index in [2.05, 4.69) is 25.7 Å². The van der Waals surface area contributed by atoms with E-state index in [4.69, 9.17) is 10.5 Å². The Labute approximate surface area is 99.3 Å². The van der Waals surface area contributed by atoms with Crippen molar-refractivity contribution in [3.8, 4) is 0 Å². The van der Waals surface area contributed by atoms with Gasteiger partial charge < -0.3 is 10.5 Å². The van der Waals surface area contributed by atoms with E-state index in [0.29, 0.717) is 12.1 Å². The van der Waals surface area contributed by atoms with Crippen LogP contribution >= 0.6 is 0 Å². The van der Waals surface area contributed by atoms with E-state index in [-0.39, 0.29) is 11.5 Å². The summed E-state index contributed by atoms with van der Waals surface area (Å²) in [6.07, 6.45) is 4.34. The largest absolute Gasteiger partial charge is 0.375 e. The number of nitrogens with two attached hydrogens (primary N) is 1. The summed E-state index contributed by atoms with van der Waals surface area (Å²) in [6.45, 7) is 9.65. The molecular formula is C13H26N2O. The third-order valence-corrected chi connectivity index (χ3v) is 4.14. The Morgan fingerprint density at radius 2 is 2.12 bits per heavy atom. The molecule has 2 N–H and O–H groups in total. The van der Waals surface area contributed by atoms with Crippen LogP contribution in [0.5, 0.6) is 0 Å². The molecule has 1 saturated heterocycles. The molecule has 0 aromatic carbocycles. The number of fused-ring (bicyclic) bond motifs is 1. The summed E-state index contributed by atoms with van der Waals surface area (Å²) < 4.78 is 5.82. The van der Waals surface area contributed by atoms with Gasteiger partial charge in [-0.25, -0.2) is 0 Å². The lowest BCUT2D eigenvalue weighted by molar-refractivity contribution is -0.0601. The van der Waals surface area contributed by atoms with Crippen molar-refractivity contribution in [1.82, 2.24) is 4.90 Å². The molecular weight excluding hydrogens is 200 g/mol. The predicted octanol–water partition coefficient (Wildman–Crippen LogP) is 1.61. The van der Waals surface area contributed by atoms with Gasteiger partial charge in [0.25, 0.3) is 0 Å². The number of morpholine rings is 1. The molecule has 0 aromatic rings. The number of ether oxygens (including phenoxy) is 1. The highest BCUT2D eigenvalue weighted by Gasteiger charge is 2.37. The third-order valence-electron chi connectivity index (χ3n) is 4.14. The number of hydrogen-bond acceptors (Lipinski definition) is 3. The summed E-state index contributed by atoms with van der Waals surface area (Å²) in [7, 11) is 0. The normalized spacial score (nSPS) is 33.8. The van der Waals surface area contributed by atoms with E-state index >= 15 is 0 Å². The molecule has 0 bridgehead atoms. The monoisotopic (exact) mass is 226 g/mol. The lowest BCUT2D eigenvalue weighted by Crippen LogP contribution is -2.54. The minimum absolute atomic E-state index is 0.201. The van der Waals surface area contributed by atoms with Crippen LogP contribution in [0.25, 0.3) is 0 Å². The topological polar surface area (TPSA) is 38.5 Å². The minimum Gasteiger partial charge on any atom is -0.375 e.